The van der Waals surface area contributed by atoms with Crippen LogP contribution in [-0.2, 0) is 17.5 Å². The number of nitrogens with zero attached hydrogens (tertiary/aromatic N) is 2. The first-order valence-corrected chi connectivity index (χ1v) is 8.06. The van der Waals surface area contributed by atoms with Crippen LogP contribution in [-0.4, -0.2) is 21.8 Å². The molecule has 0 fully saturated rings. The van der Waals surface area contributed by atoms with Gasteiger partial charge in [0.05, 0.1) is 11.8 Å². The number of phenols is 1. The zero-order chi connectivity index (χ0) is 20.3. The van der Waals surface area contributed by atoms with Gasteiger partial charge in [-0.3, -0.25) is 9.59 Å². The van der Waals surface area contributed by atoms with Crippen LogP contribution in [0.1, 0.15) is 11.1 Å². The lowest BCUT2D eigenvalue weighted by Crippen LogP contribution is -2.30. The Balaban J connectivity index is 1.75. The van der Waals surface area contributed by atoms with Gasteiger partial charge in [0.1, 0.15) is 12.3 Å². The predicted molar refractivity (Wildman–Crippen MR) is 97.1 cm³/mol. The maximum atomic E-state index is 12.7. The number of hydrazone groups is 1. The van der Waals surface area contributed by atoms with Gasteiger partial charge in [-0.2, -0.15) is 18.3 Å². The monoisotopic (exact) mass is 389 g/mol. The lowest BCUT2D eigenvalue weighted by Gasteiger charge is -2.10. The summed E-state index contributed by atoms with van der Waals surface area (Å²) in [6.45, 7) is -0.637. The smallest absolute Gasteiger partial charge is 0.417 e. The summed E-state index contributed by atoms with van der Waals surface area (Å²) >= 11 is 0. The Morgan fingerprint density at radius 2 is 1.89 bits per heavy atom. The Hall–Kier alpha value is -3.62. The Kier molecular flexibility index (Phi) is 5.16. The minimum atomic E-state index is -4.63. The van der Waals surface area contributed by atoms with Crippen LogP contribution in [0.2, 0.25) is 0 Å². The van der Waals surface area contributed by atoms with Crippen molar-refractivity contribution in [2.45, 2.75) is 12.7 Å². The second-order valence-electron chi connectivity index (χ2n) is 5.89. The number of fused-ring (bicyclic) bond motifs is 1. The van der Waals surface area contributed by atoms with Gasteiger partial charge in [-0.25, -0.2) is 5.43 Å². The van der Waals surface area contributed by atoms with Crippen molar-refractivity contribution in [2.75, 3.05) is 0 Å². The standard InChI is InChI=1S/C19H14F3N3O3/c20-19(21,22)13-6-8-18(28)25(10-13)11-17(27)24-23-9-15-14-4-2-1-3-12(14)5-7-16(15)26/h1-10,26H,11H2,(H,24,27)/b23-9+. The molecule has 0 saturated carbocycles. The number of carbonyl (C=O) groups is 1. The van der Waals surface area contributed by atoms with Crippen molar-refractivity contribution < 1.29 is 23.1 Å². The number of phenolic OH excluding ortho intramolecular Hbond substituents is 1. The molecule has 0 spiro atoms. The molecule has 0 bridgehead atoms. The number of halogens is 3. The van der Waals surface area contributed by atoms with Crippen LogP contribution in [0.3, 0.4) is 0 Å². The SMILES string of the molecule is O=C(Cn1cc(C(F)(F)F)ccc1=O)N/N=C/c1c(O)ccc2ccccc12. The van der Waals surface area contributed by atoms with E-state index in [1.54, 1.807) is 18.2 Å². The number of hydrogen-bond acceptors (Lipinski definition) is 4. The zero-order valence-electron chi connectivity index (χ0n) is 14.3. The molecule has 1 amide bonds. The minimum absolute atomic E-state index is 0.0502. The number of pyridine rings is 1. The highest BCUT2D eigenvalue weighted by molar-refractivity contribution is 6.02. The molecular weight excluding hydrogens is 375 g/mol. The maximum absolute atomic E-state index is 12.7. The Bertz CT molecular complexity index is 1120. The van der Waals surface area contributed by atoms with Gasteiger partial charge < -0.3 is 9.67 Å². The van der Waals surface area contributed by atoms with Gasteiger partial charge in [0.25, 0.3) is 11.5 Å². The highest BCUT2D eigenvalue weighted by Gasteiger charge is 2.31. The Morgan fingerprint density at radius 1 is 1.14 bits per heavy atom. The number of carbonyl (C=O) groups excluding carboxylic acids is 1. The molecule has 2 N–H and O–H groups in total. The van der Waals surface area contributed by atoms with Crippen molar-refractivity contribution in [1.82, 2.24) is 9.99 Å². The number of alkyl halides is 3. The van der Waals surface area contributed by atoms with Gasteiger partial charge in [-0.1, -0.05) is 30.3 Å². The first-order valence-electron chi connectivity index (χ1n) is 8.06. The minimum Gasteiger partial charge on any atom is -0.507 e. The molecule has 0 atom stereocenters. The third-order valence-corrected chi connectivity index (χ3v) is 3.96. The van der Waals surface area contributed by atoms with E-state index in [0.29, 0.717) is 27.8 Å². The summed E-state index contributed by atoms with van der Waals surface area (Å²) in [5.41, 5.74) is 0.716. The molecule has 144 valence electrons. The summed E-state index contributed by atoms with van der Waals surface area (Å²) in [6, 6.07) is 11.8. The average molecular weight is 389 g/mol. The molecular formula is C19H14F3N3O3. The predicted octanol–water partition coefficient (Wildman–Crippen LogP) is 2.88. The van der Waals surface area contributed by atoms with Crippen molar-refractivity contribution in [3.05, 3.63) is 76.2 Å². The molecule has 0 aliphatic carbocycles. The van der Waals surface area contributed by atoms with Gasteiger partial charge in [-0.05, 0) is 22.9 Å². The largest absolute Gasteiger partial charge is 0.507 e. The Labute approximate surface area is 156 Å². The highest BCUT2D eigenvalue weighted by atomic mass is 19.4. The van der Waals surface area contributed by atoms with E-state index in [1.165, 1.54) is 12.3 Å². The van der Waals surface area contributed by atoms with Crippen molar-refractivity contribution in [3.63, 3.8) is 0 Å². The summed E-state index contributed by atoms with van der Waals surface area (Å²) in [6.07, 6.45) is -2.83. The molecule has 0 aliphatic heterocycles. The summed E-state index contributed by atoms with van der Waals surface area (Å²) in [5.74, 6) is -0.844. The van der Waals surface area contributed by atoms with Crippen LogP contribution in [0.5, 0.6) is 5.75 Å². The molecule has 1 aromatic heterocycles. The van der Waals surface area contributed by atoms with Crippen LogP contribution in [0.4, 0.5) is 13.2 Å². The first-order chi connectivity index (χ1) is 13.3. The number of amides is 1. The second-order valence-corrected chi connectivity index (χ2v) is 5.89. The van der Waals surface area contributed by atoms with E-state index in [-0.39, 0.29) is 5.75 Å². The number of rotatable bonds is 4. The van der Waals surface area contributed by atoms with Crippen molar-refractivity contribution >= 4 is 22.9 Å². The molecule has 6 nitrogen and oxygen atoms in total. The van der Waals surface area contributed by atoms with Gasteiger partial charge >= 0.3 is 6.18 Å². The molecule has 0 radical (unpaired) electrons. The summed E-state index contributed by atoms with van der Waals surface area (Å²) in [5, 5.41) is 15.3. The molecule has 28 heavy (non-hydrogen) atoms. The van der Waals surface area contributed by atoms with Gasteiger partial charge in [0.2, 0.25) is 0 Å². The molecule has 0 aliphatic rings. The Morgan fingerprint density at radius 3 is 2.64 bits per heavy atom. The quantitative estimate of drug-likeness (QED) is 0.532. The van der Waals surface area contributed by atoms with Gasteiger partial charge in [0, 0.05) is 17.8 Å². The number of nitrogens with one attached hydrogen (secondary N) is 1. The van der Waals surface area contributed by atoms with E-state index in [1.807, 2.05) is 12.1 Å². The van der Waals surface area contributed by atoms with Gasteiger partial charge in [0.15, 0.2) is 0 Å². The molecule has 1 heterocycles. The molecule has 3 aromatic rings. The fraction of sp³-hybridized carbons (Fsp3) is 0.105. The van der Waals surface area contributed by atoms with Crippen LogP contribution < -0.4 is 11.0 Å². The van der Waals surface area contributed by atoms with Crippen LogP contribution in [0, 0.1) is 0 Å². The third-order valence-electron chi connectivity index (χ3n) is 3.96. The summed E-state index contributed by atoms with van der Waals surface area (Å²) in [7, 11) is 0. The fourth-order valence-corrected chi connectivity index (χ4v) is 2.60. The van der Waals surface area contributed by atoms with Crippen molar-refractivity contribution in [2.24, 2.45) is 5.10 Å². The highest BCUT2D eigenvalue weighted by Crippen LogP contribution is 2.28. The number of hydrogen-bond donors (Lipinski definition) is 2. The lowest BCUT2D eigenvalue weighted by atomic mass is 10.0. The normalized spacial score (nSPS) is 11.8. The van der Waals surface area contributed by atoms with E-state index >= 15 is 0 Å². The lowest BCUT2D eigenvalue weighted by molar-refractivity contribution is -0.138. The van der Waals surface area contributed by atoms with E-state index in [2.05, 4.69) is 10.5 Å². The molecule has 0 saturated heterocycles. The van der Waals surface area contributed by atoms with E-state index in [0.717, 1.165) is 11.5 Å². The van der Waals surface area contributed by atoms with Crippen molar-refractivity contribution in [1.29, 1.82) is 0 Å². The molecule has 9 heteroatoms. The van der Waals surface area contributed by atoms with Gasteiger partial charge in [-0.15, -0.1) is 0 Å². The maximum Gasteiger partial charge on any atom is 0.417 e. The number of aromatic hydroxyl groups is 1. The molecule has 2 aromatic carbocycles. The first kappa shape index (κ1) is 19.2. The van der Waals surface area contributed by atoms with E-state index < -0.39 is 29.8 Å². The summed E-state index contributed by atoms with van der Waals surface area (Å²) < 4.78 is 38.8. The van der Waals surface area contributed by atoms with E-state index in [4.69, 9.17) is 0 Å². The average Bonchev–Trinajstić information content (AvgIpc) is 2.64. The topological polar surface area (TPSA) is 83.7 Å². The third kappa shape index (κ3) is 4.20. The number of benzene rings is 2. The van der Waals surface area contributed by atoms with Crippen LogP contribution in [0.25, 0.3) is 10.8 Å². The van der Waals surface area contributed by atoms with E-state index in [9.17, 15) is 27.9 Å². The zero-order valence-corrected chi connectivity index (χ0v) is 14.3. The second kappa shape index (κ2) is 7.55. The number of aromatic nitrogens is 1. The summed E-state index contributed by atoms with van der Waals surface area (Å²) in [4.78, 5) is 23.6. The van der Waals surface area contributed by atoms with Crippen LogP contribution in [0.15, 0.2) is 64.6 Å². The fourth-order valence-electron chi connectivity index (χ4n) is 2.60. The molecule has 0 unspecified atom stereocenters. The molecule has 3 rings (SSSR count). The van der Waals surface area contributed by atoms with Crippen LogP contribution >= 0.6 is 0 Å². The van der Waals surface area contributed by atoms with Crippen molar-refractivity contribution in [3.8, 4) is 5.75 Å².